The molecule has 3 saturated carbocycles. The number of aliphatic carboxylic acids is 1. The van der Waals surface area contributed by atoms with Crippen molar-refractivity contribution in [2.75, 3.05) is 0 Å². The number of carboxylic acids is 1. The van der Waals surface area contributed by atoms with Crippen LogP contribution < -0.4 is 5.32 Å². The number of alkyl carbamates (subject to hydrolysis) is 1. The van der Waals surface area contributed by atoms with Crippen LogP contribution in [0.25, 0.3) is 0 Å². The van der Waals surface area contributed by atoms with Crippen LogP contribution in [0.4, 0.5) is 13.6 Å². The molecule has 0 radical (unpaired) electrons. The minimum Gasteiger partial charge on any atom is -0.481 e. The summed E-state index contributed by atoms with van der Waals surface area (Å²) in [6, 6.07) is 8.20. The van der Waals surface area contributed by atoms with Crippen molar-refractivity contribution in [2.45, 2.75) is 37.8 Å². The fraction of sp³-hybridized carbons (Fsp3) is 0.529. The molecule has 1 amide bonds. The molecular weight excluding hydrogens is 320 g/mol. The van der Waals surface area contributed by atoms with Crippen molar-refractivity contribution in [3.63, 3.8) is 0 Å². The highest BCUT2D eigenvalue weighted by Crippen LogP contribution is 2.53. The molecule has 24 heavy (non-hydrogen) atoms. The lowest BCUT2D eigenvalue weighted by atomic mass is 9.60. The summed E-state index contributed by atoms with van der Waals surface area (Å²) in [7, 11) is 0. The topological polar surface area (TPSA) is 75.6 Å². The molecule has 0 heterocycles. The second-order valence-electron chi connectivity index (χ2n) is 6.50. The Morgan fingerprint density at radius 2 is 1.96 bits per heavy atom. The third-order valence-electron chi connectivity index (χ3n) is 5.04. The summed E-state index contributed by atoms with van der Waals surface area (Å²) >= 11 is 0. The molecule has 0 saturated heterocycles. The van der Waals surface area contributed by atoms with E-state index in [0.29, 0.717) is 6.42 Å². The summed E-state index contributed by atoms with van der Waals surface area (Å²) in [6.07, 6.45) is -0.490. The second kappa shape index (κ2) is 6.37. The molecule has 4 rings (SSSR count). The van der Waals surface area contributed by atoms with Crippen molar-refractivity contribution in [3.8, 4) is 0 Å². The van der Waals surface area contributed by atoms with Crippen LogP contribution in [-0.2, 0) is 16.1 Å². The van der Waals surface area contributed by atoms with Crippen molar-refractivity contribution < 1.29 is 28.2 Å². The number of halogens is 2. The minimum absolute atomic E-state index is 0.0430. The molecule has 3 aliphatic rings. The van der Waals surface area contributed by atoms with E-state index < -0.39 is 41.8 Å². The van der Waals surface area contributed by atoms with Gasteiger partial charge in [0.2, 0.25) is 0 Å². The minimum atomic E-state index is -2.99. The summed E-state index contributed by atoms with van der Waals surface area (Å²) in [4.78, 5) is 23.5. The maximum atomic E-state index is 14.0. The van der Waals surface area contributed by atoms with Crippen LogP contribution in [0, 0.1) is 17.8 Å². The second-order valence-corrected chi connectivity index (χ2v) is 6.50. The van der Waals surface area contributed by atoms with Crippen LogP contribution in [-0.4, -0.2) is 29.1 Å². The molecule has 5 nitrogen and oxygen atoms in total. The zero-order chi connectivity index (χ0) is 17.3. The summed E-state index contributed by atoms with van der Waals surface area (Å²) in [6.45, 7) is 0.0430. The summed E-state index contributed by atoms with van der Waals surface area (Å²) in [5, 5.41) is 11.9. The van der Waals surface area contributed by atoms with Crippen molar-refractivity contribution in [3.05, 3.63) is 35.9 Å². The number of carbonyl (C=O) groups is 2. The first kappa shape index (κ1) is 16.7. The number of amides is 1. The number of fused-ring (bicyclic) bond motifs is 3. The predicted octanol–water partition coefficient (Wildman–Crippen LogP) is 3.05. The highest BCUT2D eigenvalue weighted by molar-refractivity contribution is 5.74. The van der Waals surface area contributed by atoms with E-state index in [-0.39, 0.29) is 19.4 Å². The van der Waals surface area contributed by atoms with Gasteiger partial charge in [0.05, 0.1) is 5.92 Å². The Bertz CT molecular complexity index is 622. The normalized spacial score (nSPS) is 30.6. The maximum absolute atomic E-state index is 14.0. The Morgan fingerprint density at radius 1 is 1.25 bits per heavy atom. The average Bonchev–Trinajstić information content (AvgIpc) is 2.54. The number of alkyl halides is 2. The van der Waals surface area contributed by atoms with Gasteiger partial charge < -0.3 is 15.2 Å². The molecule has 1 aromatic rings. The number of rotatable bonds is 4. The highest BCUT2D eigenvalue weighted by Gasteiger charge is 2.60. The van der Waals surface area contributed by atoms with E-state index in [1.807, 2.05) is 6.07 Å². The molecule has 0 unspecified atom stereocenters. The number of hydrogen-bond acceptors (Lipinski definition) is 3. The number of nitrogens with one attached hydrogen (secondary N) is 1. The first-order chi connectivity index (χ1) is 11.4. The van der Waals surface area contributed by atoms with Crippen LogP contribution in [0.5, 0.6) is 0 Å². The SMILES string of the molecule is O=C(N[C@H]1[C@@H]2CC[C@H]([C@@H]1C(=O)O)C(F)(F)C2)OCc1ccccc1. The van der Waals surface area contributed by atoms with Gasteiger partial charge in [0.15, 0.2) is 0 Å². The Morgan fingerprint density at radius 3 is 2.58 bits per heavy atom. The molecule has 0 aliphatic heterocycles. The number of carbonyl (C=O) groups excluding carboxylic acids is 1. The molecule has 2 N–H and O–H groups in total. The lowest BCUT2D eigenvalue weighted by molar-refractivity contribution is -0.186. The van der Waals surface area contributed by atoms with E-state index in [0.717, 1.165) is 5.56 Å². The van der Waals surface area contributed by atoms with Crippen molar-refractivity contribution in [2.24, 2.45) is 17.8 Å². The average molecular weight is 339 g/mol. The van der Waals surface area contributed by atoms with E-state index in [9.17, 15) is 23.5 Å². The van der Waals surface area contributed by atoms with Crippen LogP contribution in [0.2, 0.25) is 0 Å². The van der Waals surface area contributed by atoms with Gasteiger partial charge in [-0.1, -0.05) is 30.3 Å². The summed E-state index contributed by atoms with van der Waals surface area (Å²) in [5.74, 6) is -7.35. The van der Waals surface area contributed by atoms with Gasteiger partial charge in [0.25, 0.3) is 5.92 Å². The van der Waals surface area contributed by atoms with Crippen molar-refractivity contribution in [1.29, 1.82) is 0 Å². The summed E-state index contributed by atoms with van der Waals surface area (Å²) in [5.41, 5.74) is 0.791. The molecule has 3 fully saturated rings. The van der Waals surface area contributed by atoms with E-state index >= 15 is 0 Å². The first-order valence-corrected chi connectivity index (χ1v) is 7.96. The van der Waals surface area contributed by atoms with Gasteiger partial charge in [0.1, 0.15) is 6.61 Å². The molecule has 0 spiro atoms. The molecule has 4 atom stereocenters. The van der Waals surface area contributed by atoms with E-state index in [2.05, 4.69) is 5.32 Å². The van der Waals surface area contributed by atoms with Gasteiger partial charge in [0, 0.05) is 18.4 Å². The van der Waals surface area contributed by atoms with Crippen molar-refractivity contribution in [1.82, 2.24) is 5.32 Å². The summed E-state index contributed by atoms with van der Waals surface area (Å²) < 4.78 is 33.1. The molecule has 7 heteroatoms. The highest BCUT2D eigenvalue weighted by atomic mass is 19.3. The Hall–Kier alpha value is -2.18. The first-order valence-electron chi connectivity index (χ1n) is 7.96. The number of carboxylic acid groups (broad SMARTS) is 1. The lowest BCUT2D eigenvalue weighted by Gasteiger charge is -2.50. The number of benzene rings is 1. The van der Waals surface area contributed by atoms with E-state index in [4.69, 9.17) is 4.74 Å². The standard InChI is InChI=1S/C17H19F2NO4/c18-17(19)8-11-6-7-12(17)13(15(21)22)14(11)20-16(23)24-9-10-4-2-1-3-5-10/h1-5,11-14H,6-9H2,(H,20,23)(H,21,22)/t11-,12-,13+,14+/m1/s1. The fourth-order valence-corrected chi connectivity index (χ4v) is 3.93. The maximum Gasteiger partial charge on any atom is 0.407 e. The molecule has 1 aromatic carbocycles. The monoisotopic (exact) mass is 339 g/mol. The Kier molecular flexibility index (Phi) is 4.43. The Labute approximate surface area is 138 Å². The third-order valence-corrected chi connectivity index (χ3v) is 5.04. The van der Waals surface area contributed by atoms with Crippen LogP contribution >= 0.6 is 0 Å². The molecular formula is C17H19F2NO4. The van der Waals surface area contributed by atoms with Gasteiger partial charge in [-0.05, 0) is 24.3 Å². The van der Waals surface area contributed by atoms with Gasteiger partial charge in [-0.3, -0.25) is 4.79 Å². The van der Waals surface area contributed by atoms with E-state index in [1.54, 1.807) is 24.3 Å². The lowest BCUT2D eigenvalue weighted by Crippen LogP contribution is -2.62. The fourth-order valence-electron chi connectivity index (χ4n) is 3.93. The third kappa shape index (κ3) is 3.20. The Balaban J connectivity index is 1.65. The van der Waals surface area contributed by atoms with Crippen molar-refractivity contribution >= 4 is 12.1 Å². The van der Waals surface area contributed by atoms with Gasteiger partial charge in [-0.2, -0.15) is 0 Å². The zero-order valence-corrected chi connectivity index (χ0v) is 13.0. The molecule has 130 valence electrons. The predicted molar refractivity (Wildman–Crippen MR) is 80.5 cm³/mol. The van der Waals surface area contributed by atoms with Crippen LogP contribution in [0.15, 0.2) is 30.3 Å². The van der Waals surface area contributed by atoms with Crippen LogP contribution in [0.3, 0.4) is 0 Å². The van der Waals surface area contributed by atoms with Gasteiger partial charge >= 0.3 is 12.1 Å². The number of ether oxygens (including phenoxy) is 1. The zero-order valence-electron chi connectivity index (χ0n) is 13.0. The molecule has 2 bridgehead atoms. The quantitative estimate of drug-likeness (QED) is 0.884. The molecule has 0 aromatic heterocycles. The van der Waals surface area contributed by atoms with Crippen LogP contribution in [0.1, 0.15) is 24.8 Å². The number of hydrogen-bond donors (Lipinski definition) is 2. The van der Waals surface area contributed by atoms with E-state index in [1.165, 1.54) is 0 Å². The van der Waals surface area contributed by atoms with Gasteiger partial charge in [-0.15, -0.1) is 0 Å². The molecule has 3 aliphatic carbocycles. The van der Waals surface area contributed by atoms with Gasteiger partial charge in [-0.25, -0.2) is 13.6 Å². The smallest absolute Gasteiger partial charge is 0.407 e. The largest absolute Gasteiger partial charge is 0.481 e.